The van der Waals surface area contributed by atoms with E-state index in [0.717, 1.165) is 12.0 Å². The van der Waals surface area contributed by atoms with Gasteiger partial charge in [0.15, 0.2) is 0 Å². The van der Waals surface area contributed by atoms with Gasteiger partial charge in [-0.25, -0.2) is 0 Å². The van der Waals surface area contributed by atoms with Crippen LogP contribution in [0, 0.1) is 5.92 Å². The van der Waals surface area contributed by atoms with Crippen LogP contribution in [0.15, 0.2) is 0 Å². The van der Waals surface area contributed by atoms with E-state index in [1.807, 2.05) is 0 Å². The van der Waals surface area contributed by atoms with E-state index in [1.165, 1.54) is 58.0 Å². The third-order valence-electron chi connectivity index (χ3n) is 3.75. The highest BCUT2D eigenvalue weighted by molar-refractivity contribution is 4.80. The first kappa shape index (κ1) is 11.4. The van der Waals surface area contributed by atoms with Crippen LogP contribution in [0.5, 0.6) is 0 Å². The summed E-state index contributed by atoms with van der Waals surface area (Å²) in [6.07, 6.45) is 9.84. The molecular weight excluding hydrogens is 184 g/mol. The third kappa shape index (κ3) is 4.52. The zero-order valence-corrected chi connectivity index (χ0v) is 10.1. The molecule has 15 heavy (non-hydrogen) atoms. The lowest BCUT2D eigenvalue weighted by molar-refractivity contribution is 0.399. The van der Waals surface area contributed by atoms with Gasteiger partial charge < -0.3 is 10.6 Å². The molecule has 0 aromatic rings. The van der Waals surface area contributed by atoms with E-state index in [0.29, 0.717) is 6.04 Å². The van der Waals surface area contributed by atoms with Crippen molar-refractivity contribution in [3.8, 4) is 0 Å². The van der Waals surface area contributed by atoms with Gasteiger partial charge in [-0.05, 0) is 58.0 Å². The summed E-state index contributed by atoms with van der Waals surface area (Å²) in [6.45, 7) is 4.84. The van der Waals surface area contributed by atoms with Crippen LogP contribution in [0.1, 0.15) is 51.9 Å². The molecule has 2 heteroatoms. The second-order valence-corrected chi connectivity index (χ2v) is 5.49. The lowest BCUT2D eigenvalue weighted by atomic mass is 10.0. The van der Waals surface area contributed by atoms with E-state index in [9.17, 15) is 0 Å². The number of nitrogens with one attached hydrogen (secondary N) is 2. The van der Waals surface area contributed by atoms with Crippen molar-refractivity contribution in [3.63, 3.8) is 0 Å². The van der Waals surface area contributed by atoms with Gasteiger partial charge in [-0.1, -0.05) is 12.8 Å². The molecule has 0 aromatic heterocycles. The standard InChI is InChI=1S/C13H26N2/c1-11(15-10-12-6-7-12)9-13-5-3-2-4-8-14-13/h11-15H,2-10H2,1H3. The minimum absolute atomic E-state index is 0.696. The topological polar surface area (TPSA) is 24.1 Å². The number of hydrogen-bond acceptors (Lipinski definition) is 2. The van der Waals surface area contributed by atoms with Crippen LogP contribution >= 0.6 is 0 Å². The summed E-state index contributed by atoms with van der Waals surface area (Å²) in [6, 6.07) is 1.47. The van der Waals surface area contributed by atoms with Gasteiger partial charge >= 0.3 is 0 Å². The Balaban J connectivity index is 1.60. The van der Waals surface area contributed by atoms with Crippen molar-refractivity contribution in [2.45, 2.75) is 64.0 Å². The first-order valence-electron chi connectivity index (χ1n) is 6.81. The fraction of sp³-hybridized carbons (Fsp3) is 1.00. The summed E-state index contributed by atoms with van der Waals surface area (Å²) in [4.78, 5) is 0. The summed E-state index contributed by atoms with van der Waals surface area (Å²) in [5, 5.41) is 7.35. The lowest BCUT2D eigenvalue weighted by Crippen LogP contribution is -2.37. The summed E-state index contributed by atoms with van der Waals surface area (Å²) in [5.74, 6) is 1.01. The molecule has 1 heterocycles. The van der Waals surface area contributed by atoms with Gasteiger partial charge in [-0.3, -0.25) is 0 Å². The van der Waals surface area contributed by atoms with E-state index in [-0.39, 0.29) is 0 Å². The minimum atomic E-state index is 0.696. The Morgan fingerprint density at radius 2 is 2.07 bits per heavy atom. The summed E-state index contributed by atoms with van der Waals surface area (Å²) < 4.78 is 0. The average Bonchev–Trinajstić information content (AvgIpc) is 3.03. The molecule has 0 aromatic carbocycles. The van der Waals surface area contributed by atoms with Crippen molar-refractivity contribution in [3.05, 3.63) is 0 Å². The van der Waals surface area contributed by atoms with E-state index >= 15 is 0 Å². The highest BCUT2D eigenvalue weighted by atomic mass is 15.0. The van der Waals surface area contributed by atoms with Crippen LogP contribution in [-0.2, 0) is 0 Å². The van der Waals surface area contributed by atoms with Crippen LogP contribution < -0.4 is 10.6 Å². The van der Waals surface area contributed by atoms with E-state index in [1.54, 1.807) is 0 Å². The largest absolute Gasteiger partial charge is 0.314 e. The highest BCUT2D eigenvalue weighted by Crippen LogP contribution is 2.27. The van der Waals surface area contributed by atoms with Crippen molar-refractivity contribution in [1.29, 1.82) is 0 Å². The van der Waals surface area contributed by atoms with Crippen LogP contribution in [-0.4, -0.2) is 25.2 Å². The molecule has 1 aliphatic heterocycles. The third-order valence-corrected chi connectivity index (χ3v) is 3.75. The molecule has 0 radical (unpaired) electrons. The smallest absolute Gasteiger partial charge is 0.00817 e. The fourth-order valence-electron chi connectivity index (χ4n) is 2.50. The fourth-order valence-corrected chi connectivity index (χ4v) is 2.50. The Morgan fingerprint density at radius 1 is 1.20 bits per heavy atom. The molecule has 0 bridgehead atoms. The molecule has 1 saturated heterocycles. The van der Waals surface area contributed by atoms with Crippen molar-refractivity contribution < 1.29 is 0 Å². The van der Waals surface area contributed by atoms with E-state index in [2.05, 4.69) is 17.6 Å². The van der Waals surface area contributed by atoms with Crippen molar-refractivity contribution in [2.24, 2.45) is 5.92 Å². The predicted molar refractivity (Wildman–Crippen MR) is 65.1 cm³/mol. The first-order chi connectivity index (χ1) is 7.34. The first-order valence-corrected chi connectivity index (χ1v) is 6.81. The highest BCUT2D eigenvalue weighted by Gasteiger charge is 2.22. The molecule has 2 rings (SSSR count). The molecule has 2 fully saturated rings. The maximum atomic E-state index is 3.68. The monoisotopic (exact) mass is 210 g/mol. The van der Waals surface area contributed by atoms with Gasteiger partial charge in [-0.2, -0.15) is 0 Å². The van der Waals surface area contributed by atoms with E-state index in [4.69, 9.17) is 0 Å². The molecule has 0 spiro atoms. The Hall–Kier alpha value is -0.0800. The Bertz CT molecular complexity index is 169. The van der Waals surface area contributed by atoms with Gasteiger partial charge in [0.1, 0.15) is 0 Å². The zero-order valence-electron chi connectivity index (χ0n) is 10.1. The molecule has 1 saturated carbocycles. The number of rotatable bonds is 5. The molecule has 2 N–H and O–H groups in total. The lowest BCUT2D eigenvalue weighted by Gasteiger charge is -2.21. The maximum Gasteiger partial charge on any atom is 0.00817 e. The Labute approximate surface area is 94.2 Å². The van der Waals surface area contributed by atoms with Gasteiger partial charge in [0.25, 0.3) is 0 Å². The second-order valence-electron chi connectivity index (χ2n) is 5.49. The molecule has 2 atom stereocenters. The van der Waals surface area contributed by atoms with Gasteiger partial charge in [0, 0.05) is 12.1 Å². The number of hydrogen-bond donors (Lipinski definition) is 2. The normalized spacial score (nSPS) is 29.8. The van der Waals surface area contributed by atoms with Gasteiger partial charge in [-0.15, -0.1) is 0 Å². The molecule has 1 aliphatic carbocycles. The van der Waals surface area contributed by atoms with Crippen LogP contribution in [0.4, 0.5) is 0 Å². The van der Waals surface area contributed by atoms with Crippen LogP contribution in [0.25, 0.3) is 0 Å². The van der Waals surface area contributed by atoms with Crippen LogP contribution in [0.2, 0.25) is 0 Å². The van der Waals surface area contributed by atoms with E-state index < -0.39 is 0 Å². The maximum absolute atomic E-state index is 3.68. The molecule has 2 unspecified atom stereocenters. The second kappa shape index (κ2) is 5.86. The summed E-state index contributed by atoms with van der Waals surface area (Å²) in [5.41, 5.74) is 0. The average molecular weight is 210 g/mol. The minimum Gasteiger partial charge on any atom is -0.314 e. The predicted octanol–water partition coefficient (Wildman–Crippen LogP) is 2.30. The molecule has 2 nitrogen and oxygen atoms in total. The molecule has 88 valence electrons. The zero-order chi connectivity index (χ0) is 10.5. The van der Waals surface area contributed by atoms with Crippen molar-refractivity contribution in [2.75, 3.05) is 13.1 Å². The molecular formula is C13H26N2. The SMILES string of the molecule is CC(CC1CCCCCN1)NCC1CC1. The van der Waals surface area contributed by atoms with Crippen LogP contribution in [0.3, 0.4) is 0 Å². The molecule has 0 amide bonds. The van der Waals surface area contributed by atoms with Crippen molar-refractivity contribution in [1.82, 2.24) is 10.6 Å². The Morgan fingerprint density at radius 3 is 2.87 bits per heavy atom. The van der Waals surface area contributed by atoms with Gasteiger partial charge in [0.05, 0.1) is 0 Å². The van der Waals surface area contributed by atoms with Crippen molar-refractivity contribution >= 4 is 0 Å². The quantitative estimate of drug-likeness (QED) is 0.727. The summed E-state index contributed by atoms with van der Waals surface area (Å²) >= 11 is 0. The Kier molecular flexibility index (Phi) is 4.45. The van der Waals surface area contributed by atoms with Gasteiger partial charge in [0.2, 0.25) is 0 Å². The summed E-state index contributed by atoms with van der Waals surface area (Å²) in [7, 11) is 0. The molecule has 2 aliphatic rings.